The van der Waals surface area contributed by atoms with Gasteiger partial charge in [-0.15, -0.1) is 0 Å². The molecule has 4 atom stereocenters. The van der Waals surface area contributed by atoms with Crippen molar-refractivity contribution < 1.29 is 23.2 Å². The van der Waals surface area contributed by atoms with Crippen LogP contribution in [0.3, 0.4) is 0 Å². The van der Waals surface area contributed by atoms with Crippen LogP contribution in [0.25, 0.3) is 0 Å². The zero-order valence-corrected chi connectivity index (χ0v) is 15.8. The minimum Gasteiger partial charge on any atom is -0.324 e. The lowest BCUT2D eigenvalue weighted by molar-refractivity contribution is -0.135. The first kappa shape index (κ1) is 17.7. The highest BCUT2D eigenvalue weighted by atomic mass is 19.1. The van der Waals surface area contributed by atoms with Crippen LogP contribution in [0.5, 0.6) is 0 Å². The Bertz CT molecular complexity index is 1130. The smallest absolute Gasteiger partial charge is 0.250 e. The Morgan fingerprint density at radius 2 is 1.70 bits per heavy atom. The van der Waals surface area contributed by atoms with Crippen molar-refractivity contribution >= 4 is 29.1 Å². The number of nitrogens with one attached hydrogen (secondary N) is 1. The molecule has 4 heterocycles. The van der Waals surface area contributed by atoms with Crippen molar-refractivity contribution in [2.24, 2.45) is 11.8 Å². The summed E-state index contributed by atoms with van der Waals surface area (Å²) >= 11 is 0. The second-order valence-corrected chi connectivity index (χ2v) is 8.31. The van der Waals surface area contributed by atoms with Crippen LogP contribution in [0, 0.1) is 23.5 Å². The molecular weight excluding hydrogens is 392 g/mol. The SMILES string of the molecule is O=C1[C@H]2[C@H]3CCCN3[C@@]3(C(=O)Nc4ccc(F)cc43)[C@@H]2C(=O)N1c1ccc(F)cc1. The van der Waals surface area contributed by atoms with E-state index < -0.39 is 40.8 Å². The summed E-state index contributed by atoms with van der Waals surface area (Å²) in [6.45, 7) is 0.554. The third-order valence-electron chi connectivity index (χ3n) is 7.04. The number of benzene rings is 2. The van der Waals surface area contributed by atoms with Crippen LogP contribution in [0.1, 0.15) is 18.4 Å². The van der Waals surface area contributed by atoms with Gasteiger partial charge >= 0.3 is 0 Å². The zero-order chi connectivity index (χ0) is 20.8. The first-order valence-electron chi connectivity index (χ1n) is 9.96. The molecule has 152 valence electrons. The third kappa shape index (κ3) is 1.92. The van der Waals surface area contributed by atoms with Gasteiger partial charge in [-0.3, -0.25) is 19.3 Å². The predicted molar refractivity (Wildman–Crippen MR) is 102 cm³/mol. The average molecular weight is 409 g/mol. The molecule has 0 saturated carbocycles. The van der Waals surface area contributed by atoms with E-state index in [1.165, 1.54) is 42.5 Å². The standard InChI is InChI=1S/C22H17F2N3O3/c23-11-3-6-13(7-4-11)27-19(28)17-16-2-1-9-26(16)22(18(17)20(27)29)14-10-12(24)5-8-15(14)25-21(22)30/h3-8,10,16-18H,1-2,9H2,(H,25,30)/t16-,17+,18+,22-/m1/s1. The number of anilines is 2. The summed E-state index contributed by atoms with van der Waals surface area (Å²) in [4.78, 5) is 43.4. The van der Waals surface area contributed by atoms with E-state index in [1.54, 1.807) is 0 Å². The van der Waals surface area contributed by atoms with Crippen LogP contribution in [0.15, 0.2) is 42.5 Å². The van der Waals surface area contributed by atoms with Gasteiger partial charge in [0.1, 0.15) is 17.2 Å². The van der Waals surface area contributed by atoms with E-state index in [-0.39, 0.29) is 17.6 Å². The van der Waals surface area contributed by atoms with Gasteiger partial charge < -0.3 is 5.32 Å². The van der Waals surface area contributed by atoms with Crippen LogP contribution in [-0.2, 0) is 19.9 Å². The second-order valence-electron chi connectivity index (χ2n) is 8.31. The van der Waals surface area contributed by atoms with E-state index in [0.717, 1.165) is 11.3 Å². The van der Waals surface area contributed by atoms with Gasteiger partial charge in [0.25, 0.3) is 0 Å². The maximum absolute atomic E-state index is 14.2. The molecule has 2 aromatic rings. The highest BCUT2D eigenvalue weighted by molar-refractivity contribution is 6.25. The van der Waals surface area contributed by atoms with E-state index >= 15 is 0 Å². The molecule has 0 unspecified atom stereocenters. The molecule has 4 aliphatic rings. The van der Waals surface area contributed by atoms with E-state index in [9.17, 15) is 23.2 Å². The normalized spacial score (nSPS) is 32.0. The number of imide groups is 1. The Kier molecular flexibility index (Phi) is 3.38. The fourth-order valence-electron chi connectivity index (χ4n) is 6.02. The molecule has 3 fully saturated rings. The molecule has 6 rings (SSSR count). The summed E-state index contributed by atoms with van der Waals surface area (Å²) in [5.74, 6) is -3.92. The highest BCUT2D eigenvalue weighted by Gasteiger charge is 2.74. The maximum atomic E-state index is 14.2. The number of hydrogen-bond donors (Lipinski definition) is 1. The lowest BCUT2D eigenvalue weighted by Gasteiger charge is -2.36. The fraction of sp³-hybridized carbons (Fsp3) is 0.318. The number of nitrogens with zero attached hydrogens (tertiary/aromatic N) is 2. The van der Waals surface area contributed by atoms with Crippen molar-refractivity contribution in [2.45, 2.75) is 24.4 Å². The molecule has 0 aromatic heterocycles. The lowest BCUT2D eigenvalue weighted by Crippen LogP contribution is -2.54. The van der Waals surface area contributed by atoms with Crippen molar-refractivity contribution in [3.05, 3.63) is 59.7 Å². The summed E-state index contributed by atoms with van der Waals surface area (Å²) in [6.07, 6.45) is 1.46. The van der Waals surface area contributed by atoms with Crippen LogP contribution in [0.2, 0.25) is 0 Å². The molecular formula is C22H17F2N3O3. The summed E-state index contributed by atoms with van der Waals surface area (Å²) in [6, 6.07) is 8.91. The number of halogens is 2. The number of amides is 3. The van der Waals surface area contributed by atoms with Crippen LogP contribution < -0.4 is 10.2 Å². The second kappa shape index (κ2) is 5.72. The molecule has 0 radical (unpaired) electrons. The number of rotatable bonds is 1. The van der Waals surface area contributed by atoms with Gasteiger partial charge in [0, 0.05) is 17.3 Å². The van der Waals surface area contributed by atoms with Crippen molar-refractivity contribution in [3.8, 4) is 0 Å². The van der Waals surface area contributed by atoms with E-state index in [0.29, 0.717) is 24.2 Å². The van der Waals surface area contributed by atoms with Crippen molar-refractivity contribution in [3.63, 3.8) is 0 Å². The Morgan fingerprint density at radius 3 is 2.47 bits per heavy atom. The van der Waals surface area contributed by atoms with E-state index in [1.807, 2.05) is 4.90 Å². The average Bonchev–Trinajstić information content (AvgIpc) is 3.42. The van der Waals surface area contributed by atoms with Gasteiger partial charge in [-0.2, -0.15) is 0 Å². The molecule has 3 saturated heterocycles. The zero-order valence-electron chi connectivity index (χ0n) is 15.8. The summed E-state index contributed by atoms with van der Waals surface area (Å²) < 4.78 is 27.6. The van der Waals surface area contributed by atoms with Crippen molar-refractivity contribution in [2.75, 3.05) is 16.8 Å². The molecule has 0 bridgehead atoms. The monoisotopic (exact) mass is 409 g/mol. The van der Waals surface area contributed by atoms with E-state index in [4.69, 9.17) is 0 Å². The molecule has 2 aromatic carbocycles. The number of carbonyl (C=O) groups is 3. The van der Waals surface area contributed by atoms with Gasteiger partial charge in [0.15, 0.2) is 0 Å². The number of carbonyl (C=O) groups excluding carboxylic acids is 3. The van der Waals surface area contributed by atoms with Gasteiger partial charge in [-0.05, 0) is 61.9 Å². The highest BCUT2D eigenvalue weighted by Crippen LogP contribution is 2.60. The minimum atomic E-state index is -1.41. The Morgan fingerprint density at radius 1 is 0.967 bits per heavy atom. The summed E-state index contributed by atoms with van der Waals surface area (Å²) in [5, 5.41) is 2.80. The molecule has 1 N–H and O–H groups in total. The Labute approximate surface area is 170 Å². The quantitative estimate of drug-likeness (QED) is 0.735. The first-order chi connectivity index (χ1) is 14.4. The van der Waals surface area contributed by atoms with Gasteiger partial charge in [-0.25, -0.2) is 13.7 Å². The topological polar surface area (TPSA) is 69.7 Å². The minimum absolute atomic E-state index is 0.276. The fourth-order valence-corrected chi connectivity index (χ4v) is 6.02. The molecule has 4 aliphatic heterocycles. The van der Waals surface area contributed by atoms with Crippen LogP contribution in [0.4, 0.5) is 20.2 Å². The maximum Gasteiger partial charge on any atom is 0.250 e. The first-order valence-corrected chi connectivity index (χ1v) is 9.96. The van der Waals surface area contributed by atoms with Crippen LogP contribution >= 0.6 is 0 Å². The molecule has 8 heteroatoms. The molecule has 6 nitrogen and oxygen atoms in total. The molecule has 1 spiro atoms. The Balaban J connectivity index is 1.56. The Hall–Kier alpha value is -3.13. The number of fused-ring (bicyclic) bond motifs is 7. The third-order valence-corrected chi connectivity index (χ3v) is 7.04. The molecule has 3 amide bonds. The predicted octanol–water partition coefficient (Wildman–Crippen LogP) is 2.40. The summed E-state index contributed by atoms with van der Waals surface area (Å²) in [7, 11) is 0. The van der Waals surface area contributed by atoms with Crippen LogP contribution in [-0.4, -0.2) is 35.2 Å². The van der Waals surface area contributed by atoms with Gasteiger partial charge in [-0.1, -0.05) is 0 Å². The van der Waals surface area contributed by atoms with Crippen molar-refractivity contribution in [1.82, 2.24) is 4.90 Å². The van der Waals surface area contributed by atoms with E-state index in [2.05, 4.69) is 5.32 Å². The van der Waals surface area contributed by atoms with Gasteiger partial charge in [0.2, 0.25) is 17.7 Å². The van der Waals surface area contributed by atoms with Crippen molar-refractivity contribution in [1.29, 1.82) is 0 Å². The molecule has 30 heavy (non-hydrogen) atoms. The molecule has 0 aliphatic carbocycles. The van der Waals surface area contributed by atoms with Gasteiger partial charge in [0.05, 0.1) is 17.5 Å². The number of hydrogen-bond acceptors (Lipinski definition) is 4. The lowest BCUT2D eigenvalue weighted by atomic mass is 9.75. The largest absolute Gasteiger partial charge is 0.324 e. The summed E-state index contributed by atoms with van der Waals surface area (Å²) in [5.41, 5.74) is -0.259.